The van der Waals surface area contributed by atoms with E-state index in [1.54, 1.807) is 18.7 Å². The van der Waals surface area contributed by atoms with Crippen LogP contribution in [0.25, 0.3) is 0 Å². The predicted octanol–water partition coefficient (Wildman–Crippen LogP) is 1.59. The van der Waals surface area contributed by atoms with Crippen molar-refractivity contribution < 1.29 is 32.3 Å². The van der Waals surface area contributed by atoms with Gasteiger partial charge in [-0.25, -0.2) is 18.0 Å². The molecule has 0 aliphatic carbocycles. The summed E-state index contributed by atoms with van der Waals surface area (Å²) in [6.45, 7) is 2.51. The number of sulfonamides is 1. The van der Waals surface area contributed by atoms with Gasteiger partial charge in [0.1, 0.15) is 15.8 Å². The Kier molecular flexibility index (Phi) is 8.36. The smallest absolute Gasteiger partial charge is 0.350 e. The van der Waals surface area contributed by atoms with E-state index >= 15 is 0 Å². The monoisotopic (exact) mass is 490 g/mol. The van der Waals surface area contributed by atoms with Crippen molar-refractivity contribution >= 4 is 51.0 Å². The number of esters is 2. The molecule has 172 valence electrons. The molecule has 2 aliphatic heterocycles. The van der Waals surface area contributed by atoms with Gasteiger partial charge in [-0.3, -0.25) is 4.79 Å². The van der Waals surface area contributed by atoms with Crippen LogP contribution in [0, 0.1) is 0 Å². The van der Waals surface area contributed by atoms with Gasteiger partial charge in [0.2, 0.25) is 10.0 Å². The maximum atomic E-state index is 12.9. The molecule has 0 saturated carbocycles. The van der Waals surface area contributed by atoms with E-state index in [1.165, 1.54) is 20.7 Å². The molecule has 1 amide bonds. The van der Waals surface area contributed by atoms with Gasteiger partial charge >= 0.3 is 11.9 Å². The molecule has 2 aliphatic rings. The quantitative estimate of drug-likeness (QED) is 0.530. The standard InChI is InChI=1S/C19H26N2O7S3/c1-2-27-18(23)14-5-3-4-7-21(14)16(22)13-28-19(24)17-15(6-10-30-17)31(25,26)20-8-11-29-12-9-20/h6,10,14H,2-5,7-9,11-13H2,1H3. The van der Waals surface area contributed by atoms with Crippen LogP contribution in [0.4, 0.5) is 0 Å². The highest BCUT2D eigenvalue weighted by molar-refractivity contribution is 7.99. The maximum Gasteiger partial charge on any atom is 0.350 e. The Bertz CT molecular complexity index is 909. The Morgan fingerprint density at radius 1 is 1.13 bits per heavy atom. The largest absolute Gasteiger partial charge is 0.464 e. The van der Waals surface area contributed by atoms with Crippen LogP contribution in [0.15, 0.2) is 16.3 Å². The van der Waals surface area contributed by atoms with E-state index in [4.69, 9.17) is 9.47 Å². The molecule has 1 unspecified atom stereocenters. The molecule has 2 fully saturated rings. The third-order valence-corrected chi connectivity index (χ3v) is 9.02. The number of amides is 1. The summed E-state index contributed by atoms with van der Waals surface area (Å²) in [4.78, 5) is 38.6. The van der Waals surface area contributed by atoms with Crippen molar-refractivity contribution in [1.82, 2.24) is 9.21 Å². The second-order valence-electron chi connectivity index (χ2n) is 7.06. The number of thiophene rings is 1. The lowest BCUT2D eigenvalue weighted by atomic mass is 10.0. The highest BCUT2D eigenvalue weighted by Gasteiger charge is 2.35. The molecule has 9 nitrogen and oxygen atoms in total. The lowest BCUT2D eigenvalue weighted by Gasteiger charge is -2.33. The highest BCUT2D eigenvalue weighted by Crippen LogP contribution is 2.28. The van der Waals surface area contributed by atoms with Gasteiger partial charge in [-0.15, -0.1) is 11.3 Å². The second-order valence-corrected chi connectivity index (χ2v) is 11.1. The Morgan fingerprint density at radius 3 is 2.58 bits per heavy atom. The molecule has 1 aromatic heterocycles. The fourth-order valence-electron chi connectivity index (χ4n) is 3.56. The van der Waals surface area contributed by atoms with Crippen molar-refractivity contribution in [3.8, 4) is 0 Å². The number of piperidine rings is 1. The fraction of sp³-hybridized carbons (Fsp3) is 0.632. The lowest BCUT2D eigenvalue weighted by molar-refractivity contribution is -0.157. The molecule has 0 aromatic carbocycles. The summed E-state index contributed by atoms with van der Waals surface area (Å²) in [5.74, 6) is -0.420. The Morgan fingerprint density at radius 2 is 1.87 bits per heavy atom. The number of hydrogen-bond acceptors (Lipinski definition) is 9. The van der Waals surface area contributed by atoms with Crippen molar-refractivity contribution in [1.29, 1.82) is 0 Å². The molecule has 0 radical (unpaired) electrons. The molecule has 2 saturated heterocycles. The normalized spacial score (nSPS) is 20.3. The Labute approximate surface area is 190 Å². The zero-order valence-electron chi connectivity index (χ0n) is 17.3. The minimum Gasteiger partial charge on any atom is -0.464 e. The zero-order valence-corrected chi connectivity index (χ0v) is 19.7. The number of hydrogen-bond donors (Lipinski definition) is 0. The number of likely N-dealkylation sites (tertiary alicyclic amines) is 1. The zero-order chi connectivity index (χ0) is 22.4. The first-order valence-corrected chi connectivity index (χ1v) is 13.6. The predicted molar refractivity (Wildman–Crippen MR) is 117 cm³/mol. The van der Waals surface area contributed by atoms with Crippen molar-refractivity contribution in [2.75, 3.05) is 44.4 Å². The first-order chi connectivity index (χ1) is 14.9. The van der Waals surface area contributed by atoms with Gasteiger partial charge in [0, 0.05) is 31.1 Å². The fourth-order valence-corrected chi connectivity index (χ4v) is 7.42. The van der Waals surface area contributed by atoms with Crippen LogP contribution >= 0.6 is 23.1 Å². The maximum absolute atomic E-state index is 12.9. The summed E-state index contributed by atoms with van der Waals surface area (Å²) in [7, 11) is -3.81. The number of nitrogens with zero attached hydrogens (tertiary/aromatic N) is 2. The number of rotatable bonds is 7. The summed E-state index contributed by atoms with van der Waals surface area (Å²) in [5.41, 5.74) is 0. The van der Waals surface area contributed by atoms with Gasteiger partial charge in [-0.05, 0) is 37.6 Å². The summed E-state index contributed by atoms with van der Waals surface area (Å²) in [6.07, 6.45) is 2.05. The average molecular weight is 491 g/mol. The summed E-state index contributed by atoms with van der Waals surface area (Å²) >= 11 is 2.65. The minimum absolute atomic E-state index is 0.0494. The van der Waals surface area contributed by atoms with Crippen LogP contribution in [0.2, 0.25) is 0 Å². The summed E-state index contributed by atoms with van der Waals surface area (Å²) in [6, 6.07) is 0.705. The van der Waals surface area contributed by atoms with Crippen LogP contribution in [0.1, 0.15) is 35.9 Å². The Hall–Kier alpha value is -1.63. The van der Waals surface area contributed by atoms with Gasteiger partial charge < -0.3 is 14.4 Å². The number of carbonyl (C=O) groups excluding carboxylic acids is 3. The van der Waals surface area contributed by atoms with Crippen molar-refractivity contribution in [2.45, 2.75) is 37.1 Å². The molecule has 31 heavy (non-hydrogen) atoms. The Balaban J connectivity index is 1.65. The van der Waals surface area contributed by atoms with Crippen LogP contribution < -0.4 is 0 Å². The number of carbonyl (C=O) groups is 3. The van der Waals surface area contributed by atoms with Crippen LogP contribution in [0.5, 0.6) is 0 Å². The summed E-state index contributed by atoms with van der Waals surface area (Å²) in [5, 5.41) is 1.52. The molecule has 1 aromatic rings. The van der Waals surface area contributed by atoms with E-state index in [9.17, 15) is 22.8 Å². The first kappa shape index (κ1) is 24.0. The molecule has 0 N–H and O–H groups in total. The van der Waals surface area contributed by atoms with E-state index in [1.807, 2.05) is 0 Å². The first-order valence-electron chi connectivity index (χ1n) is 10.1. The van der Waals surface area contributed by atoms with E-state index < -0.39 is 40.5 Å². The van der Waals surface area contributed by atoms with E-state index in [0.29, 0.717) is 37.6 Å². The molecular formula is C19H26N2O7S3. The van der Waals surface area contributed by atoms with Gasteiger partial charge in [-0.2, -0.15) is 16.1 Å². The van der Waals surface area contributed by atoms with Crippen LogP contribution in [-0.2, 0) is 29.1 Å². The lowest BCUT2D eigenvalue weighted by Crippen LogP contribution is -2.50. The van der Waals surface area contributed by atoms with Gasteiger partial charge in [0.25, 0.3) is 5.91 Å². The second kappa shape index (κ2) is 10.8. The van der Waals surface area contributed by atoms with E-state index in [-0.39, 0.29) is 16.4 Å². The minimum atomic E-state index is -3.81. The molecule has 1 atom stereocenters. The van der Waals surface area contributed by atoms with Gasteiger partial charge in [0.05, 0.1) is 6.61 Å². The van der Waals surface area contributed by atoms with E-state index in [0.717, 1.165) is 24.2 Å². The van der Waals surface area contributed by atoms with Gasteiger partial charge in [-0.1, -0.05) is 0 Å². The van der Waals surface area contributed by atoms with Crippen molar-refractivity contribution in [2.24, 2.45) is 0 Å². The third-order valence-electron chi connectivity index (χ3n) is 5.11. The molecule has 0 bridgehead atoms. The molecule has 0 spiro atoms. The van der Waals surface area contributed by atoms with Crippen molar-refractivity contribution in [3.05, 3.63) is 16.3 Å². The molecule has 3 heterocycles. The number of ether oxygens (including phenoxy) is 2. The third kappa shape index (κ3) is 5.60. The topological polar surface area (TPSA) is 110 Å². The molecular weight excluding hydrogens is 464 g/mol. The van der Waals surface area contributed by atoms with Gasteiger partial charge in [0.15, 0.2) is 6.61 Å². The molecule has 3 rings (SSSR count). The average Bonchev–Trinajstić information content (AvgIpc) is 3.29. The SMILES string of the molecule is CCOC(=O)C1CCCCN1C(=O)COC(=O)c1sccc1S(=O)(=O)N1CCSCC1. The van der Waals surface area contributed by atoms with Crippen LogP contribution in [0.3, 0.4) is 0 Å². The summed E-state index contributed by atoms with van der Waals surface area (Å²) < 4.78 is 37.4. The van der Waals surface area contributed by atoms with Crippen molar-refractivity contribution in [3.63, 3.8) is 0 Å². The molecule has 12 heteroatoms. The van der Waals surface area contributed by atoms with Crippen LogP contribution in [-0.4, -0.2) is 85.9 Å². The number of thioether (sulfide) groups is 1. The van der Waals surface area contributed by atoms with E-state index in [2.05, 4.69) is 0 Å². The highest BCUT2D eigenvalue weighted by atomic mass is 32.2.